The van der Waals surface area contributed by atoms with E-state index in [4.69, 9.17) is 4.42 Å². The maximum atomic E-state index is 5.87. The van der Waals surface area contributed by atoms with Crippen molar-refractivity contribution >= 4 is 15.9 Å². The van der Waals surface area contributed by atoms with E-state index >= 15 is 0 Å². The zero-order chi connectivity index (χ0) is 16.4. The lowest BCUT2D eigenvalue weighted by molar-refractivity contribution is 0.0884. The summed E-state index contributed by atoms with van der Waals surface area (Å²) < 4.78 is 6.85. The van der Waals surface area contributed by atoms with Gasteiger partial charge in [0.25, 0.3) is 0 Å². The number of benzene rings is 1. The largest absolute Gasteiger partial charge is 0.419 e. The van der Waals surface area contributed by atoms with Crippen LogP contribution in [0.2, 0.25) is 0 Å². The summed E-state index contributed by atoms with van der Waals surface area (Å²) in [6.07, 6.45) is 5.59. The van der Waals surface area contributed by atoms with Crippen molar-refractivity contribution in [2.24, 2.45) is 0 Å². The number of halogens is 1. The van der Waals surface area contributed by atoms with Crippen molar-refractivity contribution in [3.63, 3.8) is 0 Å². The van der Waals surface area contributed by atoms with Crippen molar-refractivity contribution in [1.82, 2.24) is 20.0 Å². The number of hydrogen-bond donors (Lipinski definition) is 0. The van der Waals surface area contributed by atoms with Gasteiger partial charge in [-0.1, -0.05) is 25.0 Å². The van der Waals surface area contributed by atoms with Gasteiger partial charge in [-0.3, -0.25) is 9.80 Å². The minimum Gasteiger partial charge on any atom is -0.419 e. The van der Waals surface area contributed by atoms with Crippen molar-refractivity contribution in [2.75, 3.05) is 26.2 Å². The Morgan fingerprint density at radius 1 is 1.04 bits per heavy atom. The van der Waals surface area contributed by atoms with Crippen molar-refractivity contribution in [1.29, 1.82) is 0 Å². The highest BCUT2D eigenvalue weighted by atomic mass is 79.9. The summed E-state index contributed by atoms with van der Waals surface area (Å²) in [6.45, 7) is 5.24. The molecule has 0 N–H and O–H groups in total. The second-order valence-corrected chi connectivity index (χ2v) is 7.59. The lowest BCUT2D eigenvalue weighted by Crippen LogP contribution is -2.49. The van der Waals surface area contributed by atoms with Gasteiger partial charge < -0.3 is 4.42 Å². The Morgan fingerprint density at radius 3 is 2.54 bits per heavy atom. The summed E-state index contributed by atoms with van der Waals surface area (Å²) in [5.74, 6) is 1.29. The van der Waals surface area contributed by atoms with E-state index in [9.17, 15) is 0 Å². The van der Waals surface area contributed by atoms with Crippen LogP contribution in [-0.2, 0) is 6.54 Å². The van der Waals surface area contributed by atoms with Gasteiger partial charge in [-0.05, 0) is 40.9 Å². The van der Waals surface area contributed by atoms with E-state index in [0.29, 0.717) is 11.8 Å². The third kappa shape index (κ3) is 3.55. The molecule has 5 nitrogen and oxygen atoms in total. The van der Waals surface area contributed by atoms with E-state index in [-0.39, 0.29) is 0 Å². The highest BCUT2D eigenvalue weighted by Crippen LogP contribution is 2.27. The third-order valence-corrected chi connectivity index (χ3v) is 5.87. The van der Waals surface area contributed by atoms with Crippen LogP contribution in [0.25, 0.3) is 11.5 Å². The molecule has 0 spiro atoms. The minimum absolute atomic E-state index is 0.585. The van der Waals surface area contributed by atoms with E-state index in [2.05, 4.69) is 35.9 Å². The first-order chi connectivity index (χ1) is 11.8. The van der Waals surface area contributed by atoms with Crippen LogP contribution in [0, 0.1) is 0 Å². The van der Waals surface area contributed by atoms with Crippen LogP contribution in [-0.4, -0.2) is 52.2 Å². The zero-order valence-electron chi connectivity index (χ0n) is 13.8. The van der Waals surface area contributed by atoms with E-state index < -0.39 is 0 Å². The molecule has 6 heteroatoms. The molecule has 1 aliphatic carbocycles. The Labute approximate surface area is 151 Å². The third-order valence-electron chi connectivity index (χ3n) is 5.18. The molecule has 2 aromatic rings. The lowest BCUT2D eigenvalue weighted by Gasteiger charge is -2.37. The SMILES string of the molecule is Brc1ccccc1-c1nnc(CN2CCN(C3CCCC3)CC2)o1. The summed E-state index contributed by atoms with van der Waals surface area (Å²) in [6, 6.07) is 8.77. The molecule has 4 rings (SSSR count). The van der Waals surface area contributed by atoms with Gasteiger partial charge in [0.15, 0.2) is 0 Å². The molecule has 0 atom stereocenters. The molecule has 2 heterocycles. The van der Waals surface area contributed by atoms with Crippen LogP contribution in [0.15, 0.2) is 33.2 Å². The molecule has 1 saturated heterocycles. The molecule has 0 amide bonds. The molecule has 24 heavy (non-hydrogen) atoms. The maximum Gasteiger partial charge on any atom is 0.248 e. The standard InChI is InChI=1S/C18H23BrN4O/c19-16-8-4-3-7-15(16)18-21-20-17(24-18)13-22-9-11-23(12-10-22)14-5-1-2-6-14/h3-4,7-8,14H,1-2,5-6,9-13H2. The van der Waals surface area contributed by atoms with E-state index in [1.165, 1.54) is 25.7 Å². The first-order valence-corrected chi connectivity index (χ1v) is 9.62. The second kappa shape index (κ2) is 7.33. The number of piperazine rings is 1. The molecule has 1 aromatic carbocycles. The van der Waals surface area contributed by atoms with Crippen molar-refractivity contribution in [3.8, 4) is 11.5 Å². The van der Waals surface area contributed by atoms with E-state index in [1.54, 1.807) is 0 Å². The Balaban J connectivity index is 1.34. The van der Waals surface area contributed by atoms with Gasteiger partial charge in [0.2, 0.25) is 11.8 Å². The molecular weight excluding hydrogens is 368 g/mol. The second-order valence-electron chi connectivity index (χ2n) is 6.73. The van der Waals surface area contributed by atoms with Gasteiger partial charge in [-0.15, -0.1) is 10.2 Å². The molecule has 0 bridgehead atoms. The first-order valence-electron chi connectivity index (χ1n) is 8.83. The molecule has 128 valence electrons. The van der Waals surface area contributed by atoms with Crippen LogP contribution in [0.5, 0.6) is 0 Å². The summed E-state index contributed by atoms with van der Waals surface area (Å²) >= 11 is 3.54. The van der Waals surface area contributed by atoms with Crippen molar-refractivity contribution in [2.45, 2.75) is 38.3 Å². The van der Waals surface area contributed by atoms with Crippen LogP contribution >= 0.6 is 15.9 Å². The van der Waals surface area contributed by atoms with Crippen LogP contribution in [0.4, 0.5) is 0 Å². The Bertz CT molecular complexity index is 675. The Hall–Kier alpha value is -1.24. The fourth-order valence-electron chi connectivity index (χ4n) is 3.81. The van der Waals surface area contributed by atoms with Gasteiger partial charge >= 0.3 is 0 Å². The van der Waals surface area contributed by atoms with Crippen LogP contribution in [0.1, 0.15) is 31.6 Å². The zero-order valence-corrected chi connectivity index (χ0v) is 15.4. The van der Waals surface area contributed by atoms with Crippen molar-refractivity contribution < 1.29 is 4.42 Å². The molecule has 1 aliphatic heterocycles. The molecule has 2 aliphatic rings. The molecular formula is C18H23BrN4O. The fraction of sp³-hybridized carbons (Fsp3) is 0.556. The van der Waals surface area contributed by atoms with Gasteiger partial charge in [-0.25, -0.2) is 0 Å². The van der Waals surface area contributed by atoms with Crippen LogP contribution < -0.4 is 0 Å². The highest BCUT2D eigenvalue weighted by Gasteiger charge is 2.26. The average Bonchev–Trinajstić information content (AvgIpc) is 3.28. The minimum atomic E-state index is 0.585. The maximum absolute atomic E-state index is 5.87. The predicted octanol–water partition coefficient (Wildman–Crippen LogP) is 3.56. The number of nitrogens with zero attached hydrogens (tertiary/aromatic N) is 4. The number of rotatable bonds is 4. The van der Waals surface area contributed by atoms with Gasteiger partial charge in [-0.2, -0.15) is 0 Å². The molecule has 0 unspecified atom stereocenters. The van der Waals surface area contributed by atoms with E-state index in [0.717, 1.165) is 48.8 Å². The molecule has 1 saturated carbocycles. The topological polar surface area (TPSA) is 45.4 Å². The number of hydrogen-bond acceptors (Lipinski definition) is 5. The lowest BCUT2D eigenvalue weighted by atomic mass is 10.2. The van der Waals surface area contributed by atoms with Gasteiger partial charge in [0.1, 0.15) is 0 Å². The monoisotopic (exact) mass is 390 g/mol. The molecule has 1 aromatic heterocycles. The Morgan fingerprint density at radius 2 is 1.79 bits per heavy atom. The smallest absolute Gasteiger partial charge is 0.248 e. The van der Waals surface area contributed by atoms with E-state index in [1.807, 2.05) is 24.3 Å². The van der Waals surface area contributed by atoms with Crippen LogP contribution in [0.3, 0.4) is 0 Å². The predicted molar refractivity (Wildman–Crippen MR) is 96.5 cm³/mol. The summed E-state index contributed by atoms with van der Waals surface area (Å²) in [7, 11) is 0. The molecule has 2 fully saturated rings. The normalized spacial score (nSPS) is 20.7. The number of aromatic nitrogens is 2. The summed E-state index contributed by atoms with van der Waals surface area (Å²) in [4.78, 5) is 5.09. The average molecular weight is 391 g/mol. The van der Waals surface area contributed by atoms with Crippen molar-refractivity contribution in [3.05, 3.63) is 34.6 Å². The Kier molecular flexibility index (Phi) is 4.96. The summed E-state index contributed by atoms with van der Waals surface area (Å²) in [5, 5.41) is 8.44. The molecule has 0 radical (unpaired) electrons. The fourth-order valence-corrected chi connectivity index (χ4v) is 4.26. The summed E-state index contributed by atoms with van der Waals surface area (Å²) in [5.41, 5.74) is 0.947. The first kappa shape index (κ1) is 16.2. The van der Waals surface area contributed by atoms with Gasteiger partial charge in [0.05, 0.1) is 12.1 Å². The highest BCUT2D eigenvalue weighted by molar-refractivity contribution is 9.10. The quantitative estimate of drug-likeness (QED) is 0.798. The van der Waals surface area contributed by atoms with Gasteiger partial charge in [0, 0.05) is 36.7 Å².